The number of carbonyl (C=O) groups excluding carboxylic acids is 1. The SMILES string of the molecule is C#CCN(CC(=O)O)C(=O)CNC1CC1. The molecule has 0 aromatic carbocycles. The van der Waals surface area contributed by atoms with Crippen LogP contribution in [0.25, 0.3) is 0 Å². The molecule has 0 spiro atoms. The van der Waals surface area contributed by atoms with Crippen molar-refractivity contribution < 1.29 is 14.7 Å². The fourth-order valence-electron chi connectivity index (χ4n) is 1.14. The highest BCUT2D eigenvalue weighted by molar-refractivity contribution is 5.83. The first-order valence-corrected chi connectivity index (χ1v) is 4.80. The van der Waals surface area contributed by atoms with Gasteiger partial charge in [0.25, 0.3) is 0 Å². The molecule has 15 heavy (non-hydrogen) atoms. The third-order valence-corrected chi connectivity index (χ3v) is 2.08. The quantitative estimate of drug-likeness (QED) is 0.568. The monoisotopic (exact) mass is 210 g/mol. The number of aliphatic carboxylic acids is 1. The van der Waals surface area contributed by atoms with Crippen LogP contribution in [0, 0.1) is 12.3 Å². The first-order chi connectivity index (χ1) is 7.13. The lowest BCUT2D eigenvalue weighted by Gasteiger charge is -2.17. The average molecular weight is 210 g/mol. The topological polar surface area (TPSA) is 69.6 Å². The molecule has 1 rings (SSSR count). The molecule has 0 bridgehead atoms. The molecule has 2 N–H and O–H groups in total. The summed E-state index contributed by atoms with van der Waals surface area (Å²) in [6.45, 7) is -0.132. The number of hydrogen-bond donors (Lipinski definition) is 2. The van der Waals surface area contributed by atoms with Crippen molar-refractivity contribution in [1.29, 1.82) is 0 Å². The van der Waals surface area contributed by atoms with Crippen LogP contribution in [-0.2, 0) is 9.59 Å². The first-order valence-electron chi connectivity index (χ1n) is 4.80. The summed E-state index contributed by atoms with van der Waals surface area (Å²) in [5, 5.41) is 11.6. The maximum atomic E-state index is 11.5. The van der Waals surface area contributed by atoms with Gasteiger partial charge < -0.3 is 15.3 Å². The van der Waals surface area contributed by atoms with Crippen molar-refractivity contribution in [2.75, 3.05) is 19.6 Å². The van der Waals surface area contributed by atoms with Gasteiger partial charge in [-0.25, -0.2) is 0 Å². The Bertz CT molecular complexity index is 292. The maximum Gasteiger partial charge on any atom is 0.323 e. The Hall–Kier alpha value is -1.54. The second kappa shape index (κ2) is 5.37. The normalized spacial score (nSPS) is 14.3. The largest absolute Gasteiger partial charge is 0.480 e. The predicted octanol–water partition coefficient (Wildman–Crippen LogP) is -0.715. The molecule has 1 saturated carbocycles. The Balaban J connectivity index is 2.34. The highest BCUT2D eigenvalue weighted by atomic mass is 16.4. The summed E-state index contributed by atoms with van der Waals surface area (Å²) >= 11 is 0. The molecule has 0 unspecified atom stereocenters. The molecule has 0 radical (unpaired) electrons. The lowest BCUT2D eigenvalue weighted by atomic mass is 10.4. The Labute approximate surface area is 88.4 Å². The molecule has 1 aliphatic carbocycles. The number of carboxylic acid groups (broad SMARTS) is 1. The Morgan fingerprint density at radius 2 is 2.20 bits per heavy atom. The van der Waals surface area contributed by atoms with Gasteiger partial charge in [0.05, 0.1) is 13.1 Å². The molecule has 1 fully saturated rings. The van der Waals surface area contributed by atoms with E-state index in [4.69, 9.17) is 11.5 Å². The summed E-state index contributed by atoms with van der Waals surface area (Å²) in [5.74, 6) is 0.959. The van der Waals surface area contributed by atoms with Crippen molar-refractivity contribution in [3.8, 4) is 12.3 Å². The molecule has 0 aromatic heterocycles. The number of carbonyl (C=O) groups is 2. The number of nitrogens with zero attached hydrogens (tertiary/aromatic N) is 1. The zero-order valence-electron chi connectivity index (χ0n) is 8.40. The summed E-state index contributed by atoms with van der Waals surface area (Å²) in [7, 11) is 0. The van der Waals surface area contributed by atoms with Gasteiger partial charge in [-0.15, -0.1) is 6.42 Å². The van der Waals surface area contributed by atoms with Crippen LogP contribution < -0.4 is 5.32 Å². The highest BCUT2D eigenvalue weighted by Crippen LogP contribution is 2.18. The summed E-state index contributed by atoms with van der Waals surface area (Å²) in [5.41, 5.74) is 0. The number of nitrogens with one attached hydrogen (secondary N) is 1. The second-order valence-corrected chi connectivity index (χ2v) is 3.50. The summed E-state index contributed by atoms with van der Waals surface area (Å²) in [6, 6.07) is 0.423. The van der Waals surface area contributed by atoms with Crippen molar-refractivity contribution in [2.24, 2.45) is 0 Å². The minimum Gasteiger partial charge on any atom is -0.480 e. The van der Waals surface area contributed by atoms with E-state index in [9.17, 15) is 9.59 Å². The van der Waals surface area contributed by atoms with Gasteiger partial charge >= 0.3 is 5.97 Å². The second-order valence-electron chi connectivity index (χ2n) is 3.50. The first kappa shape index (κ1) is 11.5. The molecule has 1 aliphatic rings. The van der Waals surface area contributed by atoms with Crippen molar-refractivity contribution in [3.05, 3.63) is 0 Å². The van der Waals surface area contributed by atoms with Crippen LogP contribution in [0.5, 0.6) is 0 Å². The molecule has 0 heterocycles. The molecule has 0 aromatic rings. The van der Waals surface area contributed by atoms with Crippen LogP contribution in [0.1, 0.15) is 12.8 Å². The molecule has 0 saturated heterocycles. The minimum absolute atomic E-state index is 0.0392. The average Bonchev–Trinajstić information content (AvgIpc) is 2.96. The van der Waals surface area contributed by atoms with Gasteiger partial charge in [-0.1, -0.05) is 5.92 Å². The van der Waals surface area contributed by atoms with E-state index >= 15 is 0 Å². The van der Waals surface area contributed by atoms with Gasteiger partial charge in [0.1, 0.15) is 6.54 Å². The molecule has 0 atom stereocenters. The smallest absolute Gasteiger partial charge is 0.323 e. The zero-order chi connectivity index (χ0) is 11.3. The van der Waals surface area contributed by atoms with E-state index in [1.165, 1.54) is 0 Å². The number of amides is 1. The van der Waals surface area contributed by atoms with Gasteiger partial charge in [-0.05, 0) is 12.8 Å². The van der Waals surface area contributed by atoms with Gasteiger partial charge in [0.15, 0.2) is 0 Å². The predicted molar refractivity (Wildman–Crippen MR) is 54.1 cm³/mol. The van der Waals surface area contributed by atoms with Gasteiger partial charge in [-0.3, -0.25) is 9.59 Å². The summed E-state index contributed by atoms with van der Waals surface area (Å²) in [6.07, 6.45) is 7.22. The van der Waals surface area contributed by atoms with E-state index in [1.807, 2.05) is 0 Å². The number of terminal acetylenes is 1. The van der Waals surface area contributed by atoms with Crippen molar-refractivity contribution in [1.82, 2.24) is 10.2 Å². The van der Waals surface area contributed by atoms with Crippen LogP contribution in [0.3, 0.4) is 0 Å². The van der Waals surface area contributed by atoms with E-state index < -0.39 is 5.97 Å². The number of rotatable bonds is 6. The molecule has 1 amide bonds. The van der Waals surface area contributed by atoms with Crippen molar-refractivity contribution >= 4 is 11.9 Å². The Kier molecular flexibility index (Phi) is 4.13. The van der Waals surface area contributed by atoms with Crippen LogP contribution >= 0.6 is 0 Å². The zero-order valence-corrected chi connectivity index (χ0v) is 8.40. The standard InChI is InChI=1S/C10H14N2O3/c1-2-5-12(7-10(14)15)9(13)6-11-8-3-4-8/h1,8,11H,3-7H2,(H,14,15). The van der Waals surface area contributed by atoms with Crippen molar-refractivity contribution in [3.63, 3.8) is 0 Å². The summed E-state index contributed by atoms with van der Waals surface area (Å²) < 4.78 is 0. The Morgan fingerprint density at radius 1 is 1.53 bits per heavy atom. The van der Waals surface area contributed by atoms with Gasteiger partial charge in [0.2, 0.25) is 5.91 Å². The molecule has 82 valence electrons. The van der Waals surface area contributed by atoms with Gasteiger partial charge in [0, 0.05) is 6.04 Å². The molecular weight excluding hydrogens is 196 g/mol. The molecule has 5 heteroatoms. The van der Waals surface area contributed by atoms with E-state index in [0.717, 1.165) is 17.7 Å². The maximum absolute atomic E-state index is 11.5. The lowest BCUT2D eigenvalue weighted by molar-refractivity contribution is -0.143. The fraction of sp³-hybridized carbons (Fsp3) is 0.600. The number of carboxylic acids is 1. The van der Waals surface area contributed by atoms with E-state index in [-0.39, 0.29) is 25.5 Å². The van der Waals surface area contributed by atoms with Crippen LogP contribution in [0.2, 0.25) is 0 Å². The van der Waals surface area contributed by atoms with Gasteiger partial charge in [-0.2, -0.15) is 0 Å². The fourth-order valence-corrected chi connectivity index (χ4v) is 1.14. The third kappa shape index (κ3) is 4.47. The minimum atomic E-state index is -1.05. The highest BCUT2D eigenvalue weighted by Gasteiger charge is 2.23. The van der Waals surface area contributed by atoms with Crippen molar-refractivity contribution in [2.45, 2.75) is 18.9 Å². The summed E-state index contributed by atoms with van der Waals surface area (Å²) in [4.78, 5) is 23.1. The Morgan fingerprint density at radius 3 is 2.67 bits per heavy atom. The third-order valence-electron chi connectivity index (χ3n) is 2.08. The molecular formula is C10H14N2O3. The van der Waals surface area contributed by atoms with Crippen LogP contribution in [0.4, 0.5) is 0 Å². The van der Waals surface area contributed by atoms with Crippen LogP contribution in [0.15, 0.2) is 0 Å². The number of hydrogen-bond acceptors (Lipinski definition) is 3. The van der Waals surface area contributed by atoms with E-state index in [2.05, 4.69) is 11.2 Å². The van der Waals surface area contributed by atoms with E-state index in [1.54, 1.807) is 0 Å². The van der Waals surface area contributed by atoms with E-state index in [0.29, 0.717) is 6.04 Å². The van der Waals surface area contributed by atoms with Crippen LogP contribution in [-0.4, -0.2) is 47.6 Å². The molecule has 0 aliphatic heterocycles. The lowest BCUT2D eigenvalue weighted by Crippen LogP contribution is -2.41. The molecule has 5 nitrogen and oxygen atoms in total.